The molecule has 0 bridgehead atoms. The van der Waals surface area contributed by atoms with Crippen LogP contribution in [0.5, 0.6) is 0 Å². The van der Waals surface area contributed by atoms with Gasteiger partial charge in [0.2, 0.25) is 0 Å². The molecule has 94 valence electrons. The number of carbonyl (C=O) groups excluding carboxylic acids is 1. The summed E-state index contributed by atoms with van der Waals surface area (Å²) >= 11 is 0. The van der Waals surface area contributed by atoms with Gasteiger partial charge in [0.1, 0.15) is 0 Å². The molecule has 0 aromatic carbocycles. The Kier molecular flexibility index (Phi) is 2.46. The normalized spacial score (nSPS) is 49.6. The lowest BCUT2D eigenvalue weighted by molar-refractivity contribution is -0.222. The molecule has 0 aromatic rings. The number of hydrogen-bond acceptors (Lipinski definition) is 3. The quantitative estimate of drug-likeness (QED) is 0.701. The lowest BCUT2D eigenvalue weighted by Gasteiger charge is -2.30. The Morgan fingerprint density at radius 1 is 1.41 bits per heavy atom. The van der Waals surface area contributed by atoms with Crippen LogP contribution < -0.4 is 0 Å². The lowest BCUT2D eigenvalue weighted by Crippen LogP contribution is -2.37. The predicted octanol–water partition coefficient (Wildman–Crippen LogP) is 2.45. The molecule has 0 spiro atoms. The van der Waals surface area contributed by atoms with E-state index >= 15 is 0 Å². The van der Waals surface area contributed by atoms with Crippen molar-refractivity contribution < 1.29 is 14.3 Å². The minimum Gasteiger partial charge on any atom is -0.350 e. The van der Waals surface area contributed by atoms with Crippen molar-refractivity contribution in [2.24, 2.45) is 11.3 Å². The smallest absolute Gasteiger partial charge is 0.171 e. The van der Waals surface area contributed by atoms with Crippen molar-refractivity contribution in [1.82, 2.24) is 0 Å². The molecule has 4 atom stereocenters. The van der Waals surface area contributed by atoms with Crippen molar-refractivity contribution in [3.05, 3.63) is 12.2 Å². The van der Waals surface area contributed by atoms with Crippen molar-refractivity contribution >= 4 is 5.78 Å². The van der Waals surface area contributed by atoms with Gasteiger partial charge < -0.3 is 9.47 Å². The Hall–Kier alpha value is -0.670. The van der Waals surface area contributed by atoms with Crippen molar-refractivity contribution in [3.63, 3.8) is 0 Å². The van der Waals surface area contributed by atoms with Gasteiger partial charge in [-0.2, -0.15) is 0 Å². The maximum atomic E-state index is 11.9. The highest BCUT2D eigenvalue weighted by Gasteiger charge is 2.59. The zero-order valence-electron chi connectivity index (χ0n) is 10.6. The predicted molar refractivity (Wildman–Crippen MR) is 63.4 cm³/mol. The van der Waals surface area contributed by atoms with E-state index in [1.165, 1.54) is 0 Å². The summed E-state index contributed by atoms with van der Waals surface area (Å²) in [7, 11) is 0. The number of ether oxygens (including phenoxy) is 2. The maximum absolute atomic E-state index is 11.9. The van der Waals surface area contributed by atoms with Gasteiger partial charge in [-0.1, -0.05) is 13.0 Å². The van der Waals surface area contributed by atoms with Gasteiger partial charge in [-0.25, -0.2) is 0 Å². The minimum atomic E-state index is -0.473. The van der Waals surface area contributed by atoms with Crippen molar-refractivity contribution in [3.8, 4) is 0 Å². The number of fused-ring (bicyclic) bond motifs is 1. The summed E-state index contributed by atoms with van der Waals surface area (Å²) in [5.74, 6) is -0.199. The molecule has 1 aliphatic carbocycles. The second-order valence-electron chi connectivity index (χ2n) is 5.95. The summed E-state index contributed by atoms with van der Waals surface area (Å²) in [5, 5.41) is 0. The molecule has 3 aliphatic rings. The maximum Gasteiger partial charge on any atom is 0.171 e. The molecule has 3 rings (SSSR count). The van der Waals surface area contributed by atoms with Crippen molar-refractivity contribution in [2.75, 3.05) is 6.61 Å². The summed E-state index contributed by atoms with van der Waals surface area (Å²) in [6, 6.07) is 0. The highest BCUT2D eigenvalue weighted by atomic mass is 16.7. The Morgan fingerprint density at radius 2 is 2.24 bits per heavy atom. The molecule has 3 heteroatoms. The molecule has 2 heterocycles. The van der Waals surface area contributed by atoms with Gasteiger partial charge in [-0.05, 0) is 38.7 Å². The molecule has 0 N–H and O–H groups in total. The molecular formula is C14H20O3. The monoisotopic (exact) mass is 236 g/mol. The van der Waals surface area contributed by atoms with Crippen molar-refractivity contribution in [2.45, 2.75) is 51.4 Å². The lowest BCUT2D eigenvalue weighted by atomic mass is 9.76. The van der Waals surface area contributed by atoms with Crippen LogP contribution in [0.2, 0.25) is 0 Å². The van der Waals surface area contributed by atoms with E-state index < -0.39 is 5.79 Å². The van der Waals surface area contributed by atoms with Crippen LogP contribution in [0.3, 0.4) is 0 Å². The van der Waals surface area contributed by atoms with Crippen LogP contribution in [0.4, 0.5) is 0 Å². The van der Waals surface area contributed by atoms with Gasteiger partial charge >= 0.3 is 0 Å². The van der Waals surface area contributed by atoms with Crippen LogP contribution in [-0.4, -0.2) is 24.3 Å². The van der Waals surface area contributed by atoms with Crippen molar-refractivity contribution in [1.29, 1.82) is 0 Å². The van der Waals surface area contributed by atoms with E-state index in [0.29, 0.717) is 0 Å². The third-order valence-corrected chi connectivity index (χ3v) is 4.90. The van der Waals surface area contributed by atoms with Crippen LogP contribution in [0.25, 0.3) is 0 Å². The molecule has 0 unspecified atom stereocenters. The standard InChI is InChI=1S/C14H20O3/c1-13-7-8-16-14(13,2)17-12(9-13)10-5-3-4-6-11(10)15/h4,6,10,12H,3,5,7-9H2,1-2H3/t10-,12-,13-,14-/m1/s1. The second-order valence-corrected chi connectivity index (χ2v) is 5.95. The fourth-order valence-corrected chi connectivity index (χ4v) is 3.45. The summed E-state index contributed by atoms with van der Waals surface area (Å²) in [4.78, 5) is 11.9. The SMILES string of the molecule is C[C@]12CCO[C@]1(C)O[C@@H]([C@@H]1CCC=CC1=O)C2. The van der Waals surface area contributed by atoms with E-state index in [1.54, 1.807) is 6.08 Å². The van der Waals surface area contributed by atoms with E-state index in [1.807, 2.05) is 13.0 Å². The van der Waals surface area contributed by atoms with Gasteiger partial charge in [-0.15, -0.1) is 0 Å². The number of allylic oxidation sites excluding steroid dienone is 2. The Balaban J connectivity index is 1.80. The van der Waals surface area contributed by atoms with E-state index in [0.717, 1.165) is 32.3 Å². The molecule has 3 nitrogen and oxygen atoms in total. The molecule has 2 saturated heterocycles. The number of ketones is 1. The number of rotatable bonds is 1. The molecular weight excluding hydrogens is 216 g/mol. The van der Waals surface area contributed by atoms with E-state index in [9.17, 15) is 4.79 Å². The highest BCUT2D eigenvalue weighted by molar-refractivity contribution is 5.92. The summed E-state index contributed by atoms with van der Waals surface area (Å²) in [6.45, 7) is 5.03. The molecule has 0 saturated carbocycles. The van der Waals surface area contributed by atoms with E-state index in [-0.39, 0.29) is 23.2 Å². The van der Waals surface area contributed by atoms with Gasteiger partial charge in [0, 0.05) is 11.3 Å². The number of carbonyl (C=O) groups is 1. The summed E-state index contributed by atoms with van der Waals surface area (Å²) < 4.78 is 11.9. The summed E-state index contributed by atoms with van der Waals surface area (Å²) in [6.07, 6.45) is 7.63. The van der Waals surface area contributed by atoms with Gasteiger partial charge in [0.05, 0.1) is 12.7 Å². The first-order valence-corrected chi connectivity index (χ1v) is 6.56. The first kappa shape index (κ1) is 11.4. The fraction of sp³-hybridized carbons (Fsp3) is 0.786. The Labute approximate surface area is 102 Å². The van der Waals surface area contributed by atoms with Crippen LogP contribution in [0.15, 0.2) is 12.2 Å². The Bertz CT molecular complexity index is 358. The first-order chi connectivity index (χ1) is 8.04. The largest absolute Gasteiger partial charge is 0.350 e. The van der Waals surface area contributed by atoms with Crippen LogP contribution in [0.1, 0.15) is 39.5 Å². The average Bonchev–Trinajstić information content (AvgIpc) is 2.67. The van der Waals surface area contributed by atoms with Crippen LogP contribution in [0, 0.1) is 11.3 Å². The molecule has 2 aliphatic heterocycles. The highest BCUT2D eigenvalue weighted by Crippen LogP contribution is 2.55. The average molecular weight is 236 g/mol. The molecule has 0 aromatic heterocycles. The molecule has 0 amide bonds. The zero-order valence-corrected chi connectivity index (χ0v) is 10.6. The molecule has 2 fully saturated rings. The van der Waals surface area contributed by atoms with Crippen LogP contribution in [-0.2, 0) is 14.3 Å². The van der Waals surface area contributed by atoms with Gasteiger partial charge in [0.25, 0.3) is 0 Å². The molecule has 17 heavy (non-hydrogen) atoms. The van der Waals surface area contributed by atoms with Crippen LogP contribution >= 0.6 is 0 Å². The summed E-state index contributed by atoms with van der Waals surface area (Å²) in [5.41, 5.74) is 0.0824. The Morgan fingerprint density at radius 3 is 2.94 bits per heavy atom. The van der Waals surface area contributed by atoms with Gasteiger partial charge in [0.15, 0.2) is 11.6 Å². The molecule has 0 radical (unpaired) electrons. The fourth-order valence-electron chi connectivity index (χ4n) is 3.45. The zero-order chi connectivity index (χ0) is 12.1. The second kappa shape index (κ2) is 3.66. The topological polar surface area (TPSA) is 35.5 Å². The number of hydrogen-bond donors (Lipinski definition) is 0. The van der Waals surface area contributed by atoms with E-state index in [4.69, 9.17) is 9.47 Å². The van der Waals surface area contributed by atoms with E-state index in [2.05, 4.69) is 6.92 Å². The minimum absolute atomic E-state index is 0.0442. The first-order valence-electron chi connectivity index (χ1n) is 6.56. The third kappa shape index (κ3) is 1.59. The third-order valence-electron chi connectivity index (χ3n) is 4.90. The van der Waals surface area contributed by atoms with Gasteiger partial charge in [-0.3, -0.25) is 4.79 Å².